The van der Waals surface area contributed by atoms with Gasteiger partial charge >= 0.3 is 0 Å². The van der Waals surface area contributed by atoms with Crippen LogP contribution in [0.3, 0.4) is 0 Å². The summed E-state index contributed by atoms with van der Waals surface area (Å²) < 4.78 is 0. The minimum Gasteiger partial charge on any atom is -0.383 e. The van der Waals surface area contributed by atoms with E-state index in [1.807, 2.05) is 0 Å². The maximum Gasteiger partial charge on any atom is 0.0345 e. The van der Waals surface area contributed by atoms with Gasteiger partial charge in [0.2, 0.25) is 0 Å². The molecule has 0 radical (unpaired) electrons. The van der Waals surface area contributed by atoms with Crippen LogP contribution in [0.5, 0.6) is 0 Å². The van der Waals surface area contributed by atoms with Crippen LogP contribution in [-0.4, -0.2) is 11.6 Å². The van der Waals surface area contributed by atoms with Crippen molar-refractivity contribution in [2.24, 2.45) is 0 Å². The molecule has 1 aliphatic carbocycles. The van der Waals surface area contributed by atoms with Gasteiger partial charge in [-0.1, -0.05) is 26.2 Å². The summed E-state index contributed by atoms with van der Waals surface area (Å²) in [4.78, 5) is 0. The van der Waals surface area contributed by atoms with Crippen LogP contribution in [-0.2, 0) is 0 Å². The fourth-order valence-corrected chi connectivity index (χ4v) is 2.84. The van der Waals surface area contributed by atoms with Crippen LogP contribution in [0, 0.1) is 0 Å². The SMILES string of the molecule is CCC(C)Nc1ccc(NC2(C)CCCCC2)cc1. The Morgan fingerprint density at radius 1 is 1.05 bits per heavy atom. The Morgan fingerprint density at radius 2 is 1.63 bits per heavy atom. The normalized spacial score (nSPS) is 19.7. The molecule has 2 heteroatoms. The largest absolute Gasteiger partial charge is 0.383 e. The molecule has 2 nitrogen and oxygen atoms in total. The quantitative estimate of drug-likeness (QED) is 0.775. The van der Waals surface area contributed by atoms with E-state index in [-0.39, 0.29) is 0 Å². The average Bonchev–Trinajstić information content (AvgIpc) is 2.41. The van der Waals surface area contributed by atoms with E-state index < -0.39 is 0 Å². The Hall–Kier alpha value is -1.18. The van der Waals surface area contributed by atoms with Crippen molar-refractivity contribution in [1.29, 1.82) is 0 Å². The Bertz CT molecular complexity index is 377. The van der Waals surface area contributed by atoms with Crippen LogP contribution >= 0.6 is 0 Å². The third-order valence-electron chi connectivity index (χ3n) is 4.31. The zero-order valence-corrected chi connectivity index (χ0v) is 12.6. The molecule has 0 bridgehead atoms. The molecule has 0 aromatic heterocycles. The molecule has 1 unspecified atom stereocenters. The van der Waals surface area contributed by atoms with Gasteiger partial charge in [-0.05, 0) is 57.4 Å². The summed E-state index contributed by atoms with van der Waals surface area (Å²) in [7, 11) is 0. The van der Waals surface area contributed by atoms with E-state index in [9.17, 15) is 0 Å². The molecule has 1 aliphatic rings. The zero-order valence-electron chi connectivity index (χ0n) is 12.6. The van der Waals surface area contributed by atoms with Gasteiger partial charge in [-0.25, -0.2) is 0 Å². The summed E-state index contributed by atoms with van der Waals surface area (Å²) in [5.41, 5.74) is 2.76. The van der Waals surface area contributed by atoms with Crippen molar-refractivity contribution >= 4 is 11.4 Å². The molecule has 2 N–H and O–H groups in total. The molecule has 0 heterocycles. The monoisotopic (exact) mass is 260 g/mol. The third-order valence-corrected chi connectivity index (χ3v) is 4.31. The molecule has 0 spiro atoms. The van der Waals surface area contributed by atoms with Gasteiger partial charge in [0.1, 0.15) is 0 Å². The van der Waals surface area contributed by atoms with Crippen molar-refractivity contribution in [2.75, 3.05) is 10.6 Å². The van der Waals surface area contributed by atoms with E-state index in [4.69, 9.17) is 0 Å². The van der Waals surface area contributed by atoms with Crippen LogP contribution in [0.15, 0.2) is 24.3 Å². The molecule has 2 rings (SSSR count). The molecular weight excluding hydrogens is 232 g/mol. The molecule has 1 saturated carbocycles. The Balaban J connectivity index is 1.94. The smallest absolute Gasteiger partial charge is 0.0345 e. The first-order valence-corrected chi connectivity index (χ1v) is 7.76. The third kappa shape index (κ3) is 4.15. The highest BCUT2D eigenvalue weighted by molar-refractivity contribution is 5.55. The van der Waals surface area contributed by atoms with Gasteiger partial charge in [0.05, 0.1) is 0 Å². The molecule has 0 saturated heterocycles. The highest BCUT2D eigenvalue weighted by Gasteiger charge is 2.26. The van der Waals surface area contributed by atoms with Gasteiger partial charge in [0.25, 0.3) is 0 Å². The van der Waals surface area contributed by atoms with E-state index >= 15 is 0 Å². The van der Waals surface area contributed by atoms with Crippen LogP contribution in [0.2, 0.25) is 0 Å². The summed E-state index contributed by atoms with van der Waals surface area (Å²) in [6.07, 6.45) is 7.85. The highest BCUT2D eigenvalue weighted by atomic mass is 15.0. The standard InChI is InChI=1S/C17H28N2/c1-4-14(2)18-15-8-10-16(11-9-15)19-17(3)12-6-5-7-13-17/h8-11,14,18-19H,4-7,12-13H2,1-3H3. The molecule has 0 amide bonds. The number of hydrogen-bond donors (Lipinski definition) is 2. The summed E-state index contributed by atoms with van der Waals surface area (Å²) in [6, 6.07) is 9.30. The lowest BCUT2D eigenvalue weighted by Gasteiger charge is -2.35. The van der Waals surface area contributed by atoms with Crippen molar-refractivity contribution in [3.8, 4) is 0 Å². The molecule has 1 fully saturated rings. The van der Waals surface area contributed by atoms with Gasteiger partial charge < -0.3 is 10.6 Å². The lowest BCUT2D eigenvalue weighted by atomic mass is 9.83. The molecular formula is C17H28N2. The number of hydrogen-bond acceptors (Lipinski definition) is 2. The average molecular weight is 260 g/mol. The molecule has 1 aromatic carbocycles. The van der Waals surface area contributed by atoms with Crippen LogP contribution < -0.4 is 10.6 Å². The summed E-state index contributed by atoms with van der Waals surface area (Å²) in [6.45, 7) is 6.78. The van der Waals surface area contributed by atoms with Crippen molar-refractivity contribution < 1.29 is 0 Å². The Kier molecular flexibility index (Phi) is 4.73. The second kappa shape index (κ2) is 6.31. The summed E-state index contributed by atoms with van der Waals surface area (Å²) in [5, 5.41) is 7.23. The van der Waals surface area contributed by atoms with Crippen LogP contribution in [0.25, 0.3) is 0 Å². The van der Waals surface area contributed by atoms with Crippen LogP contribution in [0.1, 0.15) is 59.3 Å². The van der Waals surface area contributed by atoms with Crippen molar-refractivity contribution in [2.45, 2.75) is 70.9 Å². The molecule has 1 atom stereocenters. The van der Waals surface area contributed by atoms with Gasteiger partial charge in [-0.2, -0.15) is 0 Å². The maximum atomic E-state index is 3.72. The highest BCUT2D eigenvalue weighted by Crippen LogP contribution is 2.31. The topological polar surface area (TPSA) is 24.1 Å². The first-order valence-electron chi connectivity index (χ1n) is 7.76. The van der Waals surface area contributed by atoms with Crippen LogP contribution in [0.4, 0.5) is 11.4 Å². The van der Waals surface area contributed by atoms with E-state index in [0.29, 0.717) is 11.6 Å². The Labute approximate surface area is 118 Å². The first-order chi connectivity index (χ1) is 9.11. The predicted octanol–water partition coefficient (Wildman–Crippen LogP) is 5.03. The number of anilines is 2. The van der Waals surface area contributed by atoms with Crippen molar-refractivity contribution in [3.63, 3.8) is 0 Å². The van der Waals surface area contributed by atoms with Crippen molar-refractivity contribution in [1.82, 2.24) is 0 Å². The molecule has 106 valence electrons. The fraction of sp³-hybridized carbons (Fsp3) is 0.647. The number of nitrogens with one attached hydrogen (secondary N) is 2. The predicted molar refractivity (Wildman–Crippen MR) is 84.9 cm³/mol. The lowest BCUT2D eigenvalue weighted by Crippen LogP contribution is -2.36. The maximum absolute atomic E-state index is 3.72. The first kappa shape index (κ1) is 14.2. The minimum absolute atomic E-state index is 0.296. The number of rotatable bonds is 5. The van der Waals surface area contributed by atoms with E-state index in [0.717, 1.165) is 6.42 Å². The molecule has 1 aromatic rings. The Morgan fingerprint density at radius 3 is 2.21 bits per heavy atom. The lowest BCUT2D eigenvalue weighted by molar-refractivity contribution is 0.349. The second-order valence-electron chi connectivity index (χ2n) is 6.28. The van der Waals surface area contributed by atoms with Crippen molar-refractivity contribution in [3.05, 3.63) is 24.3 Å². The van der Waals surface area contributed by atoms with E-state index in [1.165, 1.54) is 43.5 Å². The summed E-state index contributed by atoms with van der Waals surface area (Å²) >= 11 is 0. The fourth-order valence-electron chi connectivity index (χ4n) is 2.84. The zero-order chi connectivity index (χ0) is 13.7. The second-order valence-corrected chi connectivity index (χ2v) is 6.28. The molecule has 19 heavy (non-hydrogen) atoms. The van der Waals surface area contributed by atoms with Gasteiger partial charge in [-0.15, -0.1) is 0 Å². The summed E-state index contributed by atoms with van der Waals surface area (Å²) in [5.74, 6) is 0. The van der Waals surface area contributed by atoms with E-state index in [1.54, 1.807) is 0 Å². The van der Waals surface area contributed by atoms with Gasteiger partial charge in [-0.3, -0.25) is 0 Å². The minimum atomic E-state index is 0.296. The van der Waals surface area contributed by atoms with Gasteiger partial charge in [0.15, 0.2) is 0 Å². The number of benzene rings is 1. The van der Waals surface area contributed by atoms with E-state index in [2.05, 4.69) is 55.7 Å². The van der Waals surface area contributed by atoms with Gasteiger partial charge in [0, 0.05) is 23.0 Å². The molecule has 0 aliphatic heterocycles.